The molecule has 1 saturated carbocycles. The fourth-order valence-electron chi connectivity index (χ4n) is 7.70. The van der Waals surface area contributed by atoms with E-state index in [0.29, 0.717) is 44.0 Å². The summed E-state index contributed by atoms with van der Waals surface area (Å²) in [5.41, 5.74) is 2.52. The highest BCUT2D eigenvalue weighted by Gasteiger charge is 2.46. The summed E-state index contributed by atoms with van der Waals surface area (Å²) >= 11 is 0. The first-order valence-corrected chi connectivity index (χ1v) is 19.4. The summed E-state index contributed by atoms with van der Waals surface area (Å²) in [6.45, 7) is 4.77. The van der Waals surface area contributed by atoms with E-state index in [4.69, 9.17) is 28.4 Å². The molecule has 10 heteroatoms. The molecule has 3 fully saturated rings. The summed E-state index contributed by atoms with van der Waals surface area (Å²) in [7, 11) is 0. The highest BCUT2D eigenvalue weighted by atomic mass is 19.1. The molecule has 1 aliphatic carbocycles. The molecule has 8 nitrogen and oxygen atoms in total. The van der Waals surface area contributed by atoms with Crippen molar-refractivity contribution in [2.75, 3.05) is 19.8 Å². The average molecular weight is 747 g/mol. The molecule has 0 N–H and O–H groups in total. The monoisotopic (exact) mass is 746 g/mol. The summed E-state index contributed by atoms with van der Waals surface area (Å²) in [6.07, 6.45) is 8.92. The Morgan fingerprint density at radius 3 is 2.48 bits per heavy atom. The predicted octanol–water partition coefficient (Wildman–Crippen LogP) is 9.26. The van der Waals surface area contributed by atoms with Crippen LogP contribution in [0.4, 0.5) is 8.78 Å². The Morgan fingerprint density at radius 2 is 1.72 bits per heavy atom. The van der Waals surface area contributed by atoms with Gasteiger partial charge in [0.25, 0.3) is 0 Å². The van der Waals surface area contributed by atoms with Crippen LogP contribution in [0.15, 0.2) is 84.9 Å². The molecule has 290 valence electrons. The summed E-state index contributed by atoms with van der Waals surface area (Å²) in [6, 6.07) is 20.5. The molecule has 0 aromatic heterocycles. The molecule has 2 aliphatic heterocycles. The van der Waals surface area contributed by atoms with Gasteiger partial charge in [-0.2, -0.15) is 0 Å². The van der Waals surface area contributed by atoms with E-state index in [1.54, 1.807) is 12.1 Å². The lowest BCUT2D eigenvalue weighted by Crippen LogP contribution is -2.31. The van der Waals surface area contributed by atoms with E-state index in [1.165, 1.54) is 0 Å². The third-order valence-corrected chi connectivity index (χ3v) is 10.5. The number of ether oxygens (including phenoxy) is 6. The molecule has 0 radical (unpaired) electrons. The predicted molar refractivity (Wildman–Crippen MR) is 200 cm³/mol. The van der Waals surface area contributed by atoms with Crippen LogP contribution in [0.25, 0.3) is 11.1 Å². The molecule has 0 amide bonds. The van der Waals surface area contributed by atoms with Crippen LogP contribution >= 0.6 is 0 Å². The minimum Gasteiger partial charge on any atom is -0.487 e. The fourth-order valence-corrected chi connectivity index (χ4v) is 7.70. The minimum atomic E-state index is -0.669. The molecule has 3 aromatic carbocycles. The summed E-state index contributed by atoms with van der Waals surface area (Å²) in [5.74, 6) is -1.91. The zero-order valence-electron chi connectivity index (χ0n) is 31.2. The summed E-state index contributed by atoms with van der Waals surface area (Å²) in [5, 5.41) is 0. The SMILES string of the molecule is CC(C)OC(=O)CCC[C@H]1CC[C@@H]2[C@@H](/C=C/[C@H](COc3cc(F)ccc3F)OC3CCCCO3)[C@H](OC(=O)c3ccc(-c4ccccc4)cc3)C[C@@H]2OC1. The molecule has 2 saturated heterocycles. The van der Waals surface area contributed by atoms with Crippen molar-refractivity contribution in [1.29, 1.82) is 0 Å². The van der Waals surface area contributed by atoms with Gasteiger partial charge in [0.15, 0.2) is 17.9 Å². The zero-order valence-corrected chi connectivity index (χ0v) is 31.2. The van der Waals surface area contributed by atoms with Crippen LogP contribution in [-0.4, -0.2) is 62.5 Å². The van der Waals surface area contributed by atoms with Crippen molar-refractivity contribution >= 4 is 11.9 Å². The van der Waals surface area contributed by atoms with Crippen LogP contribution in [0.5, 0.6) is 5.75 Å². The number of carbonyl (C=O) groups excluding carboxylic acids is 2. The van der Waals surface area contributed by atoms with Crippen LogP contribution in [0.2, 0.25) is 0 Å². The quantitative estimate of drug-likeness (QED) is 0.112. The smallest absolute Gasteiger partial charge is 0.338 e. The maximum absolute atomic E-state index is 14.5. The first-order chi connectivity index (χ1) is 26.2. The second-order valence-electron chi connectivity index (χ2n) is 14.9. The molecule has 0 spiro atoms. The normalized spacial score (nSPS) is 24.8. The van der Waals surface area contributed by atoms with Crippen LogP contribution in [-0.2, 0) is 28.5 Å². The Bertz CT molecular complexity index is 1670. The Kier molecular flexibility index (Phi) is 14.3. The van der Waals surface area contributed by atoms with Gasteiger partial charge in [-0.15, -0.1) is 0 Å². The summed E-state index contributed by atoms with van der Waals surface area (Å²) < 4.78 is 64.5. The van der Waals surface area contributed by atoms with Gasteiger partial charge < -0.3 is 28.4 Å². The number of hydrogen-bond donors (Lipinski definition) is 0. The van der Waals surface area contributed by atoms with Crippen molar-refractivity contribution < 1.29 is 46.8 Å². The topological polar surface area (TPSA) is 89.5 Å². The molecule has 3 aromatic rings. The first kappa shape index (κ1) is 39.6. The zero-order chi connectivity index (χ0) is 37.9. The van der Waals surface area contributed by atoms with Crippen molar-refractivity contribution in [3.05, 3.63) is 102 Å². The Labute approximate surface area is 317 Å². The third kappa shape index (κ3) is 11.2. The van der Waals surface area contributed by atoms with Gasteiger partial charge in [-0.25, -0.2) is 13.6 Å². The van der Waals surface area contributed by atoms with Crippen molar-refractivity contribution in [2.45, 2.75) is 102 Å². The van der Waals surface area contributed by atoms with Crippen LogP contribution in [0.1, 0.15) is 82.0 Å². The Balaban J connectivity index is 1.18. The van der Waals surface area contributed by atoms with Gasteiger partial charge in [0.05, 0.1) is 17.8 Å². The van der Waals surface area contributed by atoms with Crippen molar-refractivity contribution in [3.8, 4) is 16.9 Å². The van der Waals surface area contributed by atoms with E-state index in [0.717, 1.165) is 67.9 Å². The number of esters is 2. The molecule has 7 atom stereocenters. The van der Waals surface area contributed by atoms with Gasteiger partial charge in [-0.05, 0) is 106 Å². The second kappa shape index (κ2) is 19.5. The van der Waals surface area contributed by atoms with Crippen LogP contribution in [0.3, 0.4) is 0 Å². The highest BCUT2D eigenvalue weighted by molar-refractivity contribution is 5.90. The lowest BCUT2D eigenvalue weighted by molar-refractivity contribution is -0.183. The molecule has 6 rings (SSSR count). The lowest BCUT2D eigenvalue weighted by Gasteiger charge is -2.27. The maximum Gasteiger partial charge on any atom is 0.338 e. The second-order valence-corrected chi connectivity index (χ2v) is 14.9. The molecule has 2 heterocycles. The van der Waals surface area contributed by atoms with E-state index in [9.17, 15) is 18.4 Å². The number of rotatable bonds is 15. The van der Waals surface area contributed by atoms with Gasteiger partial charge in [0.1, 0.15) is 24.6 Å². The summed E-state index contributed by atoms with van der Waals surface area (Å²) in [4.78, 5) is 25.7. The number of benzene rings is 3. The van der Waals surface area contributed by atoms with Crippen LogP contribution in [0, 0.1) is 29.4 Å². The fraction of sp³-hybridized carbons (Fsp3) is 0.500. The van der Waals surface area contributed by atoms with E-state index in [-0.39, 0.29) is 42.4 Å². The van der Waals surface area contributed by atoms with E-state index < -0.39 is 36.1 Å². The van der Waals surface area contributed by atoms with Gasteiger partial charge in [-0.1, -0.05) is 54.6 Å². The molecule has 3 aliphatic rings. The average Bonchev–Trinajstić information content (AvgIpc) is 3.37. The third-order valence-electron chi connectivity index (χ3n) is 10.5. The van der Waals surface area contributed by atoms with E-state index in [1.807, 2.05) is 68.5 Å². The molecule has 54 heavy (non-hydrogen) atoms. The van der Waals surface area contributed by atoms with Gasteiger partial charge in [-0.3, -0.25) is 4.79 Å². The highest BCUT2D eigenvalue weighted by Crippen LogP contribution is 2.44. The Hall–Kier alpha value is -4.12. The number of hydrogen-bond acceptors (Lipinski definition) is 8. The first-order valence-electron chi connectivity index (χ1n) is 19.4. The lowest BCUT2D eigenvalue weighted by atomic mass is 9.86. The van der Waals surface area contributed by atoms with Gasteiger partial charge >= 0.3 is 11.9 Å². The van der Waals surface area contributed by atoms with Gasteiger partial charge in [0, 0.05) is 38.0 Å². The minimum absolute atomic E-state index is 0.0589. The van der Waals surface area contributed by atoms with Crippen LogP contribution < -0.4 is 4.74 Å². The molecule has 1 unspecified atom stereocenters. The van der Waals surface area contributed by atoms with Gasteiger partial charge in [0.2, 0.25) is 0 Å². The number of carbonyl (C=O) groups is 2. The largest absolute Gasteiger partial charge is 0.487 e. The van der Waals surface area contributed by atoms with Crippen molar-refractivity contribution in [1.82, 2.24) is 0 Å². The molecular weight excluding hydrogens is 694 g/mol. The Morgan fingerprint density at radius 1 is 0.926 bits per heavy atom. The standard InChI is InChI=1S/C44H52F2O8/c1-29(2)52-42(47)12-8-9-30-14-21-36-37(22-20-35(53-43-13-6-7-24-49-43)28-51-41-25-34(45)19-23-38(41)46)40(26-39(36)50-27-30)54-44(48)33-17-15-32(16-18-33)31-10-4-3-5-11-31/h3-5,10-11,15-20,22-23,25,29-30,35-37,39-40,43H,6-9,12-14,21,24,26-28H2,1-2H3/b22-20+/t30-,35+,36+,37+,39-,40+,43?/m0/s1. The number of halogens is 2. The molecule has 0 bridgehead atoms. The van der Waals surface area contributed by atoms with Crippen molar-refractivity contribution in [2.24, 2.45) is 17.8 Å². The maximum atomic E-state index is 14.5. The molecular formula is C44H52F2O8. The number of fused-ring (bicyclic) bond motifs is 1. The van der Waals surface area contributed by atoms with Crippen molar-refractivity contribution in [3.63, 3.8) is 0 Å². The van der Waals surface area contributed by atoms with E-state index in [2.05, 4.69) is 0 Å². The van der Waals surface area contributed by atoms with E-state index >= 15 is 0 Å².